The average molecular weight is 849 g/mol. The molecule has 0 aliphatic carbocycles. The van der Waals surface area contributed by atoms with Crippen molar-refractivity contribution >= 4 is 43.6 Å². The van der Waals surface area contributed by atoms with Gasteiger partial charge in [0.15, 0.2) is 0 Å². The van der Waals surface area contributed by atoms with Gasteiger partial charge in [-0.1, -0.05) is 26.7 Å². The summed E-state index contributed by atoms with van der Waals surface area (Å²) in [5.74, 6) is 2.47. The molecule has 2 heterocycles. The highest BCUT2D eigenvalue weighted by molar-refractivity contribution is 7.33. The average Bonchev–Trinajstić information content (AvgIpc) is 3.22. The van der Waals surface area contributed by atoms with E-state index in [2.05, 4.69) is 55.1 Å². The summed E-state index contributed by atoms with van der Waals surface area (Å²) >= 11 is 0. The SMILES string of the molecule is CCCCNc1nc(N)nc(C)c1Cc1cc(C(=O)NCCCO[PH](=O)OCCCNC(=O)c2ccc(OC)c(Cc3c(C)nc(N)nc3NCCCC)c2)ccc1OC. The highest BCUT2D eigenvalue weighted by Gasteiger charge is 2.18. The minimum absolute atomic E-state index is 0.130. The van der Waals surface area contributed by atoms with Crippen molar-refractivity contribution in [2.24, 2.45) is 0 Å². The van der Waals surface area contributed by atoms with Crippen LogP contribution in [0.5, 0.6) is 11.5 Å². The van der Waals surface area contributed by atoms with Gasteiger partial charge >= 0.3 is 8.25 Å². The number of ether oxygens (including phenoxy) is 2. The van der Waals surface area contributed by atoms with Crippen LogP contribution >= 0.6 is 8.25 Å². The molecule has 17 nitrogen and oxygen atoms in total. The minimum atomic E-state index is -2.76. The maximum Gasteiger partial charge on any atom is 0.319 e. The van der Waals surface area contributed by atoms with Crippen LogP contribution in [0.2, 0.25) is 0 Å². The van der Waals surface area contributed by atoms with Gasteiger partial charge < -0.3 is 51.3 Å². The largest absolute Gasteiger partial charge is 0.496 e. The molecule has 2 aromatic heterocycles. The Morgan fingerprint density at radius 1 is 0.633 bits per heavy atom. The monoisotopic (exact) mass is 848 g/mol. The lowest BCUT2D eigenvalue weighted by atomic mass is 10.0. The number of hydrogen-bond donors (Lipinski definition) is 6. The van der Waals surface area contributed by atoms with Crippen molar-refractivity contribution in [1.29, 1.82) is 0 Å². The van der Waals surface area contributed by atoms with Crippen LogP contribution in [0.4, 0.5) is 23.5 Å². The number of methoxy groups -OCH3 is 2. The third-order valence-electron chi connectivity index (χ3n) is 9.58. The van der Waals surface area contributed by atoms with Gasteiger partial charge in [-0.3, -0.25) is 14.2 Å². The maximum absolute atomic E-state index is 13.1. The Morgan fingerprint density at radius 2 is 1.05 bits per heavy atom. The van der Waals surface area contributed by atoms with Gasteiger partial charge in [0.05, 0.1) is 27.4 Å². The second-order valence-corrected chi connectivity index (χ2v) is 15.2. The summed E-state index contributed by atoms with van der Waals surface area (Å²) in [5, 5.41) is 12.5. The lowest BCUT2D eigenvalue weighted by molar-refractivity contribution is 0.0944. The molecule has 4 rings (SSSR count). The van der Waals surface area contributed by atoms with Crippen molar-refractivity contribution in [3.8, 4) is 11.5 Å². The van der Waals surface area contributed by atoms with Crippen LogP contribution in [0.3, 0.4) is 0 Å². The van der Waals surface area contributed by atoms with Gasteiger partial charge in [-0.25, -0.2) is 9.97 Å². The number of nitrogens with zero attached hydrogens (tertiary/aromatic N) is 4. The van der Waals surface area contributed by atoms with Crippen molar-refractivity contribution < 1.29 is 32.7 Å². The fourth-order valence-electron chi connectivity index (χ4n) is 6.32. The second-order valence-electron chi connectivity index (χ2n) is 14.1. The molecule has 0 aliphatic rings. The van der Waals surface area contributed by atoms with Crippen LogP contribution in [-0.2, 0) is 26.5 Å². The van der Waals surface area contributed by atoms with Gasteiger partial charge in [0.25, 0.3) is 11.8 Å². The first-order valence-electron chi connectivity index (χ1n) is 20.4. The smallest absolute Gasteiger partial charge is 0.319 e. The molecule has 0 radical (unpaired) electrons. The number of carbonyl (C=O) groups excluding carboxylic acids is 2. The van der Waals surface area contributed by atoms with Crippen molar-refractivity contribution in [3.63, 3.8) is 0 Å². The number of carbonyl (C=O) groups is 2. The normalized spacial score (nSPS) is 11.1. The third kappa shape index (κ3) is 14.3. The molecule has 2 aromatic carbocycles. The summed E-state index contributed by atoms with van der Waals surface area (Å²) < 4.78 is 34.3. The van der Waals surface area contributed by atoms with Crippen LogP contribution in [0.25, 0.3) is 0 Å². The standard InChI is InChI=1S/C42H61N10O7P/c1-7-9-17-45-37-33(27(3)49-41(43)51-37)25-31-23-29(13-15-35(31)56-5)39(53)47-19-11-21-58-60(55)59-22-12-20-48-40(54)30-14-16-36(57-6)32(24-30)26-34-28(4)50-42(44)52-38(34)46-18-10-8-2/h13-16,23-24,60H,7-12,17-22,25-26H2,1-6H3,(H,47,53)(H,48,54)(H3,43,45,49,51)(H3,44,46,50,52). The van der Waals surface area contributed by atoms with Gasteiger partial charge in [-0.05, 0) is 87.1 Å². The summed E-state index contributed by atoms with van der Waals surface area (Å²) in [4.78, 5) is 43.7. The number of unbranched alkanes of at least 4 members (excludes halogenated alkanes) is 2. The van der Waals surface area contributed by atoms with E-state index in [1.165, 1.54) is 0 Å². The quantitative estimate of drug-likeness (QED) is 0.0312. The molecule has 2 amide bonds. The first-order valence-corrected chi connectivity index (χ1v) is 21.6. The maximum atomic E-state index is 13.1. The van der Waals surface area contributed by atoms with Crippen molar-refractivity contribution in [2.75, 3.05) is 75.7 Å². The zero-order valence-corrected chi connectivity index (χ0v) is 36.7. The zero-order valence-electron chi connectivity index (χ0n) is 35.7. The molecule has 60 heavy (non-hydrogen) atoms. The van der Waals surface area contributed by atoms with E-state index in [4.69, 9.17) is 30.0 Å². The number of aromatic nitrogens is 4. The van der Waals surface area contributed by atoms with Gasteiger partial charge in [0, 0.05) is 72.7 Å². The first-order chi connectivity index (χ1) is 29.0. The van der Waals surface area contributed by atoms with Crippen molar-refractivity contribution in [3.05, 3.63) is 81.2 Å². The van der Waals surface area contributed by atoms with E-state index in [1.54, 1.807) is 50.6 Å². The summed E-state index contributed by atoms with van der Waals surface area (Å²) in [6.07, 6.45) is 5.74. The van der Waals surface area contributed by atoms with Gasteiger partial charge in [0.2, 0.25) is 11.9 Å². The van der Waals surface area contributed by atoms with Crippen molar-refractivity contribution in [1.82, 2.24) is 30.6 Å². The second kappa shape index (κ2) is 24.5. The number of rotatable bonds is 26. The molecule has 0 atom stereocenters. The lowest BCUT2D eigenvalue weighted by Crippen LogP contribution is -2.25. The molecule has 0 saturated heterocycles. The molecule has 0 saturated carbocycles. The van der Waals surface area contributed by atoms with Crippen LogP contribution in [-0.4, -0.2) is 85.4 Å². The van der Waals surface area contributed by atoms with Crippen LogP contribution < -0.4 is 42.2 Å². The summed E-state index contributed by atoms with van der Waals surface area (Å²) in [5.41, 5.74) is 17.7. The number of benzene rings is 2. The molecular formula is C42H61N10O7P. The van der Waals surface area contributed by atoms with Crippen LogP contribution in [0.1, 0.15) is 107 Å². The fourth-order valence-corrected chi connectivity index (χ4v) is 7.03. The van der Waals surface area contributed by atoms with Gasteiger partial charge in [-0.15, -0.1) is 0 Å². The Hall–Kier alpha value is -5.51. The predicted octanol–water partition coefficient (Wildman–Crippen LogP) is 6.03. The Morgan fingerprint density at radius 3 is 1.43 bits per heavy atom. The zero-order chi connectivity index (χ0) is 43.4. The molecule has 8 N–H and O–H groups in total. The number of hydrogen-bond acceptors (Lipinski definition) is 15. The van der Waals surface area contributed by atoms with E-state index in [0.717, 1.165) is 72.4 Å². The van der Waals surface area contributed by atoms with Gasteiger partial charge in [-0.2, -0.15) is 9.97 Å². The lowest BCUT2D eigenvalue weighted by Gasteiger charge is -2.16. The molecule has 0 fully saturated rings. The van der Waals surface area contributed by atoms with Crippen LogP contribution in [0, 0.1) is 13.8 Å². The third-order valence-corrected chi connectivity index (χ3v) is 10.5. The molecular weight excluding hydrogens is 787 g/mol. The molecule has 0 aliphatic heterocycles. The number of nitrogens with two attached hydrogens (primary N) is 2. The molecule has 18 heteroatoms. The summed E-state index contributed by atoms with van der Waals surface area (Å²) in [6.45, 7) is 10.4. The van der Waals surface area contributed by atoms with E-state index in [-0.39, 0.29) is 36.9 Å². The van der Waals surface area contributed by atoms with Crippen molar-refractivity contribution in [2.45, 2.75) is 79.1 Å². The van der Waals surface area contributed by atoms with E-state index in [1.807, 2.05) is 13.8 Å². The van der Waals surface area contributed by atoms with E-state index >= 15 is 0 Å². The first kappa shape index (κ1) is 47.2. The molecule has 0 spiro atoms. The summed E-state index contributed by atoms with van der Waals surface area (Å²) in [6, 6.07) is 10.5. The Bertz CT molecular complexity index is 1930. The minimum Gasteiger partial charge on any atom is -0.496 e. The Kier molecular flexibility index (Phi) is 19.3. The Labute approximate surface area is 353 Å². The number of aryl methyl sites for hydroxylation is 2. The number of amides is 2. The van der Waals surface area contributed by atoms with E-state index in [9.17, 15) is 14.2 Å². The highest BCUT2D eigenvalue weighted by Crippen LogP contribution is 2.30. The molecule has 0 bridgehead atoms. The number of nitrogen functional groups attached to an aromatic ring is 2. The van der Waals surface area contributed by atoms with E-state index in [0.29, 0.717) is 73.0 Å². The number of anilines is 4. The molecule has 4 aromatic rings. The topological polar surface area (TPSA) is 240 Å². The van der Waals surface area contributed by atoms with Gasteiger partial charge in [0.1, 0.15) is 23.1 Å². The van der Waals surface area contributed by atoms with Crippen LogP contribution in [0.15, 0.2) is 36.4 Å². The Balaban J connectivity index is 1.19. The highest BCUT2D eigenvalue weighted by atomic mass is 31.1. The number of nitrogens with one attached hydrogen (secondary N) is 4. The predicted molar refractivity (Wildman–Crippen MR) is 236 cm³/mol. The summed E-state index contributed by atoms with van der Waals surface area (Å²) in [7, 11) is 0.408. The molecule has 326 valence electrons. The van der Waals surface area contributed by atoms with E-state index < -0.39 is 8.25 Å². The fraction of sp³-hybridized carbons (Fsp3) is 0.476. The molecule has 0 unspecified atom stereocenters.